The average molecular weight is 411 g/mol. The van der Waals surface area contributed by atoms with Gasteiger partial charge in [0, 0.05) is 44.3 Å². The number of piperazine rings is 1. The van der Waals surface area contributed by atoms with E-state index in [9.17, 15) is 13.2 Å². The fourth-order valence-electron chi connectivity index (χ4n) is 3.16. The number of aromatic nitrogens is 1. The van der Waals surface area contributed by atoms with Crippen molar-refractivity contribution in [2.45, 2.75) is 25.4 Å². The number of anilines is 1. The molecule has 9 heteroatoms. The summed E-state index contributed by atoms with van der Waals surface area (Å²) >= 11 is 1.62. The van der Waals surface area contributed by atoms with Crippen LogP contribution in [0.2, 0.25) is 0 Å². The summed E-state index contributed by atoms with van der Waals surface area (Å²) < 4.78 is 38.6. The Labute approximate surface area is 166 Å². The number of halogens is 3. The zero-order chi connectivity index (χ0) is 20.1. The van der Waals surface area contributed by atoms with E-state index >= 15 is 0 Å². The first-order valence-corrected chi connectivity index (χ1v) is 10.1. The van der Waals surface area contributed by atoms with Crippen LogP contribution in [0.15, 0.2) is 40.8 Å². The van der Waals surface area contributed by atoms with Crippen LogP contribution in [0.1, 0.15) is 30.4 Å². The largest absolute Gasteiger partial charge is 0.416 e. The van der Waals surface area contributed by atoms with Crippen molar-refractivity contribution in [3.63, 3.8) is 0 Å². The highest BCUT2D eigenvalue weighted by molar-refractivity contribution is 7.13. The van der Waals surface area contributed by atoms with Crippen LogP contribution in [0.3, 0.4) is 0 Å². The Kier molecular flexibility index (Phi) is 6.43. The fourth-order valence-corrected chi connectivity index (χ4v) is 3.86. The molecular formula is C19H24F3N5S. The van der Waals surface area contributed by atoms with Gasteiger partial charge in [0.15, 0.2) is 11.1 Å². The van der Waals surface area contributed by atoms with Gasteiger partial charge in [0.05, 0.1) is 5.56 Å². The summed E-state index contributed by atoms with van der Waals surface area (Å²) in [6, 6.07) is 5.49. The van der Waals surface area contributed by atoms with Crippen molar-refractivity contribution < 1.29 is 13.2 Å². The fraction of sp³-hybridized carbons (Fsp3) is 0.474. The Balaban J connectivity index is 1.49. The maximum atomic E-state index is 12.9. The lowest BCUT2D eigenvalue weighted by Crippen LogP contribution is -2.51. The van der Waals surface area contributed by atoms with E-state index in [4.69, 9.17) is 5.73 Å². The molecule has 5 nitrogen and oxygen atoms in total. The van der Waals surface area contributed by atoms with Crippen LogP contribution in [-0.2, 0) is 6.18 Å². The van der Waals surface area contributed by atoms with Gasteiger partial charge in [-0.2, -0.15) is 13.2 Å². The predicted octanol–water partition coefficient (Wildman–Crippen LogP) is 3.79. The molecule has 0 bridgehead atoms. The number of guanidine groups is 1. The highest BCUT2D eigenvalue weighted by Gasteiger charge is 2.30. The molecular weight excluding hydrogens is 387 g/mol. The molecule has 2 heterocycles. The first-order chi connectivity index (χ1) is 13.3. The normalized spacial score (nSPS) is 17.1. The Morgan fingerprint density at radius 1 is 1.29 bits per heavy atom. The number of hydrogen-bond donors (Lipinski definition) is 1. The van der Waals surface area contributed by atoms with Crippen LogP contribution >= 0.6 is 11.3 Å². The van der Waals surface area contributed by atoms with Gasteiger partial charge in [0.2, 0.25) is 0 Å². The van der Waals surface area contributed by atoms with Gasteiger partial charge in [-0.05, 0) is 24.0 Å². The molecule has 1 unspecified atom stereocenters. The van der Waals surface area contributed by atoms with Crippen LogP contribution < -0.4 is 10.6 Å². The van der Waals surface area contributed by atoms with Crippen molar-refractivity contribution in [2.24, 2.45) is 10.7 Å². The van der Waals surface area contributed by atoms with E-state index in [0.717, 1.165) is 37.4 Å². The minimum atomic E-state index is -4.32. The molecule has 2 aromatic rings. The summed E-state index contributed by atoms with van der Waals surface area (Å²) in [7, 11) is 0. The summed E-state index contributed by atoms with van der Waals surface area (Å²) in [6.45, 7) is 5.62. The molecule has 0 spiro atoms. The SMILES string of the molecule is CC(CCN=C(N)N1CCN(c2nccs2)CC1)c1cccc(C(F)(F)F)c1. The topological polar surface area (TPSA) is 57.8 Å². The smallest absolute Gasteiger partial charge is 0.370 e. The van der Waals surface area contributed by atoms with Gasteiger partial charge in [-0.1, -0.05) is 25.1 Å². The lowest BCUT2D eigenvalue weighted by atomic mass is 9.96. The second-order valence-electron chi connectivity index (χ2n) is 6.84. The zero-order valence-corrected chi connectivity index (χ0v) is 16.5. The molecule has 0 saturated carbocycles. The van der Waals surface area contributed by atoms with Crippen molar-refractivity contribution in [1.29, 1.82) is 0 Å². The van der Waals surface area contributed by atoms with Crippen LogP contribution in [0.5, 0.6) is 0 Å². The van der Waals surface area contributed by atoms with E-state index in [-0.39, 0.29) is 5.92 Å². The molecule has 1 aromatic carbocycles. The zero-order valence-electron chi connectivity index (χ0n) is 15.7. The highest BCUT2D eigenvalue weighted by Crippen LogP contribution is 2.31. The molecule has 28 heavy (non-hydrogen) atoms. The average Bonchev–Trinajstić information content (AvgIpc) is 3.22. The third-order valence-electron chi connectivity index (χ3n) is 4.91. The number of rotatable bonds is 5. The Morgan fingerprint density at radius 3 is 2.68 bits per heavy atom. The van der Waals surface area contributed by atoms with Crippen molar-refractivity contribution in [1.82, 2.24) is 9.88 Å². The molecule has 1 aliphatic rings. The molecule has 1 aliphatic heterocycles. The van der Waals surface area contributed by atoms with Gasteiger partial charge >= 0.3 is 6.18 Å². The maximum absolute atomic E-state index is 12.9. The maximum Gasteiger partial charge on any atom is 0.416 e. The summed E-state index contributed by atoms with van der Waals surface area (Å²) in [5.74, 6) is 0.468. The van der Waals surface area contributed by atoms with Crippen molar-refractivity contribution in [2.75, 3.05) is 37.6 Å². The predicted molar refractivity (Wildman–Crippen MR) is 107 cm³/mol. The van der Waals surface area contributed by atoms with E-state index in [1.165, 1.54) is 12.1 Å². The third-order valence-corrected chi connectivity index (χ3v) is 5.74. The molecule has 3 rings (SSSR count). The lowest BCUT2D eigenvalue weighted by molar-refractivity contribution is -0.137. The van der Waals surface area contributed by atoms with E-state index < -0.39 is 11.7 Å². The highest BCUT2D eigenvalue weighted by atomic mass is 32.1. The standard InChI is InChI=1S/C19H24F3N5S/c1-14(15-3-2-4-16(13-15)19(20,21)22)5-6-24-17(23)26-8-10-27(11-9-26)18-25-7-12-28-18/h2-4,7,12-14H,5-6,8-11H2,1H3,(H2,23,24). The van der Waals surface area contributed by atoms with Crippen LogP contribution in [0, 0.1) is 0 Å². The number of benzene rings is 1. The van der Waals surface area contributed by atoms with Crippen molar-refractivity contribution >= 4 is 22.4 Å². The van der Waals surface area contributed by atoms with Crippen molar-refractivity contribution in [3.8, 4) is 0 Å². The molecule has 2 N–H and O–H groups in total. The summed E-state index contributed by atoms with van der Waals surface area (Å²) in [4.78, 5) is 13.0. The summed E-state index contributed by atoms with van der Waals surface area (Å²) in [5.41, 5.74) is 6.17. The second-order valence-corrected chi connectivity index (χ2v) is 7.71. The van der Waals surface area contributed by atoms with Gasteiger partial charge in [-0.3, -0.25) is 4.99 Å². The Bertz CT molecular complexity index is 783. The molecule has 0 amide bonds. The van der Waals surface area contributed by atoms with Crippen LogP contribution in [0.25, 0.3) is 0 Å². The molecule has 1 aromatic heterocycles. The number of thiazole rings is 1. The summed E-state index contributed by atoms with van der Waals surface area (Å²) in [6.07, 6.45) is -1.88. The third kappa shape index (κ3) is 5.15. The lowest BCUT2D eigenvalue weighted by Gasteiger charge is -2.35. The molecule has 0 radical (unpaired) electrons. The number of aliphatic imine (C=N–C) groups is 1. The van der Waals surface area contributed by atoms with Crippen LogP contribution in [-0.4, -0.2) is 48.6 Å². The van der Waals surface area contributed by atoms with E-state index in [1.807, 2.05) is 17.2 Å². The molecule has 1 saturated heterocycles. The van der Waals surface area contributed by atoms with Gasteiger partial charge in [0.25, 0.3) is 0 Å². The first-order valence-electron chi connectivity index (χ1n) is 9.21. The minimum Gasteiger partial charge on any atom is -0.370 e. The quantitative estimate of drug-likeness (QED) is 0.601. The number of alkyl halides is 3. The van der Waals surface area contributed by atoms with E-state index in [0.29, 0.717) is 24.5 Å². The summed E-state index contributed by atoms with van der Waals surface area (Å²) in [5, 5.41) is 2.98. The minimum absolute atomic E-state index is 0.0272. The van der Waals surface area contributed by atoms with Gasteiger partial charge in [0.1, 0.15) is 0 Å². The second kappa shape index (κ2) is 8.81. The number of nitrogens with zero attached hydrogens (tertiary/aromatic N) is 4. The molecule has 1 fully saturated rings. The Hall–Kier alpha value is -2.29. The van der Waals surface area contributed by atoms with E-state index in [2.05, 4.69) is 14.9 Å². The van der Waals surface area contributed by atoms with Gasteiger partial charge in [-0.25, -0.2) is 4.98 Å². The number of nitrogens with two attached hydrogens (primary N) is 1. The van der Waals surface area contributed by atoms with Gasteiger partial charge < -0.3 is 15.5 Å². The monoisotopic (exact) mass is 411 g/mol. The first kappa shape index (κ1) is 20.4. The van der Waals surface area contributed by atoms with E-state index in [1.54, 1.807) is 23.6 Å². The van der Waals surface area contributed by atoms with Crippen molar-refractivity contribution in [3.05, 3.63) is 47.0 Å². The Morgan fingerprint density at radius 2 is 2.04 bits per heavy atom. The molecule has 1 atom stereocenters. The molecule has 152 valence electrons. The number of hydrogen-bond acceptors (Lipinski definition) is 4. The van der Waals surface area contributed by atoms with Gasteiger partial charge in [-0.15, -0.1) is 11.3 Å². The van der Waals surface area contributed by atoms with Crippen LogP contribution in [0.4, 0.5) is 18.3 Å². The molecule has 0 aliphatic carbocycles.